The first-order valence-electron chi connectivity index (χ1n) is 11.0. The lowest BCUT2D eigenvalue weighted by Gasteiger charge is -2.37. The van der Waals surface area contributed by atoms with Gasteiger partial charge in [0.2, 0.25) is 0 Å². The number of ether oxygens (including phenoxy) is 1. The van der Waals surface area contributed by atoms with E-state index in [1.165, 1.54) is 5.56 Å². The van der Waals surface area contributed by atoms with Gasteiger partial charge in [-0.05, 0) is 18.4 Å². The van der Waals surface area contributed by atoms with E-state index >= 15 is 0 Å². The minimum Gasteiger partial charge on any atom is -0.379 e. The standard InChI is InChI=1S/C23H36N6O.HI/c1-4-24-23(26-16-21(19(2)3)28-12-14-30-15-13-28)27-17-22-25-10-11-29(22)18-20-8-6-5-7-9-20;/h5-11,19,21H,4,12-18H2,1-3H3,(H2,24,26,27);1H. The summed E-state index contributed by atoms with van der Waals surface area (Å²) in [5.74, 6) is 2.36. The molecule has 0 bridgehead atoms. The summed E-state index contributed by atoms with van der Waals surface area (Å²) in [5.41, 5.74) is 1.26. The molecular weight excluding hydrogens is 503 g/mol. The van der Waals surface area contributed by atoms with E-state index in [2.05, 4.69) is 70.1 Å². The number of aromatic nitrogens is 2. The number of guanidine groups is 1. The molecule has 1 aromatic heterocycles. The van der Waals surface area contributed by atoms with Crippen molar-refractivity contribution in [3.63, 3.8) is 0 Å². The molecule has 2 N–H and O–H groups in total. The Labute approximate surface area is 203 Å². The summed E-state index contributed by atoms with van der Waals surface area (Å²) in [7, 11) is 0. The molecule has 8 heteroatoms. The second-order valence-electron chi connectivity index (χ2n) is 7.99. The molecule has 0 amide bonds. The lowest BCUT2D eigenvalue weighted by atomic mass is 10.0. The van der Waals surface area contributed by atoms with Crippen LogP contribution in [0.1, 0.15) is 32.2 Å². The fourth-order valence-corrected chi connectivity index (χ4v) is 3.80. The molecule has 0 radical (unpaired) electrons. The van der Waals surface area contributed by atoms with Crippen molar-refractivity contribution < 1.29 is 4.74 Å². The van der Waals surface area contributed by atoms with Crippen LogP contribution >= 0.6 is 24.0 Å². The third-order valence-corrected chi connectivity index (χ3v) is 5.48. The lowest BCUT2D eigenvalue weighted by molar-refractivity contribution is 0.00752. The molecule has 172 valence electrons. The fourth-order valence-electron chi connectivity index (χ4n) is 3.80. The van der Waals surface area contributed by atoms with Gasteiger partial charge in [-0.15, -0.1) is 24.0 Å². The molecule has 1 aliphatic heterocycles. The summed E-state index contributed by atoms with van der Waals surface area (Å²) in [6, 6.07) is 10.9. The van der Waals surface area contributed by atoms with Crippen molar-refractivity contribution in [2.24, 2.45) is 10.9 Å². The number of nitrogens with zero attached hydrogens (tertiary/aromatic N) is 4. The number of hydrogen-bond acceptors (Lipinski definition) is 4. The average molecular weight is 540 g/mol. The molecule has 2 heterocycles. The van der Waals surface area contributed by atoms with Crippen LogP contribution in [-0.2, 0) is 17.8 Å². The number of rotatable bonds is 9. The molecule has 7 nitrogen and oxygen atoms in total. The van der Waals surface area contributed by atoms with Gasteiger partial charge in [0.25, 0.3) is 0 Å². The number of benzene rings is 1. The summed E-state index contributed by atoms with van der Waals surface area (Å²) < 4.78 is 7.68. The van der Waals surface area contributed by atoms with Gasteiger partial charge in [0.15, 0.2) is 5.96 Å². The maximum atomic E-state index is 5.52. The van der Waals surface area contributed by atoms with Gasteiger partial charge in [0, 0.05) is 51.2 Å². The monoisotopic (exact) mass is 540 g/mol. The van der Waals surface area contributed by atoms with Crippen LogP contribution in [0.5, 0.6) is 0 Å². The minimum absolute atomic E-state index is 0. The zero-order valence-electron chi connectivity index (χ0n) is 19.0. The van der Waals surface area contributed by atoms with Crippen LogP contribution in [0.4, 0.5) is 0 Å². The molecule has 3 rings (SSSR count). The molecule has 1 unspecified atom stereocenters. The van der Waals surface area contributed by atoms with Crippen LogP contribution in [0, 0.1) is 5.92 Å². The number of aliphatic imine (C=N–C) groups is 1. The van der Waals surface area contributed by atoms with Crippen LogP contribution in [0.15, 0.2) is 47.7 Å². The molecule has 1 saturated heterocycles. The van der Waals surface area contributed by atoms with Crippen LogP contribution in [0.2, 0.25) is 0 Å². The SMILES string of the molecule is CCNC(=NCc1nccn1Cc1ccccc1)NCC(C(C)C)N1CCOCC1.I. The van der Waals surface area contributed by atoms with E-state index in [0.717, 1.165) is 57.7 Å². The second kappa shape index (κ2) is 13.7. The Kier molecular flexibility index (Phi) is 11.3. The predicted octanol–water partition coefficient (Wildman–Crippen LogP) is 2.96. The molecule has 1 aliphatic rings. The predicted molar refractivity (Wildman–Crippen MR) is 137 cm³/mol. The molecule has 1 aromatic carbocycles. The van der Waals surface area contributed by atoms with Gasteiger partial charge in [0.05, 0.1) is 13.2 Å². The summed E-state index contributed by atoms with van der Waals surface area (Å²) in [4.78, 5) is 11.8. The molecule has 1 fully saturated rings. The lowest BCUT2D eigenvalue weighted by Crippen LogP contribution is -2.52. The van der Waals surface area contributed by atoms with Gasteiger partial charge in [-0.1, -0.05) is 44.2 Å². The van der Waals surface area contributed by atoms with E-state index in [-0.39, 0.29) is 24.0 Å². The van der Waals surface area contributed by atoms with Crippen molar-refractivity contribution in [2.45, 2.75) is 39.9 Å². The first-order valence-corrected chi connectivity index (χ1v) is 11.0. The van der Waals surface area contributed by atoms with E-state index in [0.29, 0.717) is 18.5 Å². The average Bonchev–Trinajstić information content (AvgIpc) is 3.20. The van der Waals surface area contributed by atoms with Gasteiger partial charge >= 0.3 is 0 Å². The highest BCUT2D eigenvalue weighted by Gasteiger charge is 2.23. The number of nitrogens with one attached hydrogen (secondary N) is 2. The Balaban J connectivity index is 0.00000341. The molecule has 0 spiro atoms. The first kappa shape index (κ1) is 25.6. The largest absolute Gasteiger partial charge is 0.379 e. The molecule has 2 aromatic rings. The summed E-state index contributed by atoms with van der Waals surface area (Å²) in [6.45, 7) is 13.3. The number of halogens is 1. The van der Waals surface area contributed by atoms with Gasteiger partial charge in [-0.3, -0.25) is 4.90 Å². The smallest absolute Gasteiger partial charge is 0.191 e. The maximum Gasteiger partial charge on any atom is 0.191 e. The Morgan fingerprint density at radius 2 is 1.90 bits per heavy atom. The third-order valence-electron chi connectivity index (χ3n) is 5.48. The highest BCUT2D eigenvalue weighted by molar-refractivity contribution is 14.0. The van der Waals surface area contributed by atoms with Gasteiger partial charge in [-0.2, -0.15) is 0 Å². The zero-order valence-corrected chi connectivity index (χ0v) is 21.3. The Morgan fingerprint density at radius 3 is 2.58 bits per heavy atom. The highest BCUT2D eigenvalue weighted by Crippen LogP contribution is 2.12. The van der Waals surface area contributed by atoms with Crippen LogP contribution in [0.25, 0.3) is 0 Å². The highest BCUT2D eigenvalue weighted by atomic mass is 127. The quantitative estimate of drug-likeness (QED) is 0.291. The topological polar surface area (TPSA) is 66.7 Å². The van der Waals surface area contributed by atoms with Crippen molar-refractivity contribution in [2.75, 3.05) is 39.4 Å². The molecule has 0 saturated carbocycles. The van der Waals surface area contributed by atoms with Crippen molar-refractivity contribution in [3.8, 4) is 0 Å². The summed E-state index contributed by atoms with van der Waals surface area (Å²) in [5, 5.41) is 6.92. The Hall–Kier alpha value is -1.65. The van der Waals surface area contributed by atoms with Crippen LogP contribution in [-0.4, -0.2) is 65.8 Å². The Bertz CT molecular complexity index is 773. The molecule has 0 aliphatic carbocycles. The fraction of sp³-hybridized carbons (Fsp3) is 0.565. The summed E-state index contributed by atoms with van der Waals surface area (Å²) >= 11 is 0. The second-order valence-corrected chi connectivity index (χ2v) is 7.99. The van der Waals surface area contributed by atoms with E-state index in [1.807, 2.05) is 18.5 Å². The van der Waals surface area contributed by atoms with Gasteiger partial charge in [0.1, 0.15) is 12.4 Å². The van der Waals surface area contributed by atoms with Crippen molar-refractivity contribution in [3.05, 3.63) is 54.1 Å². The first-order chi connectivity index (χ1) is 14.7. The van der Waals surface area contributed by atoms with Crippen LogP contribution in [0.3, 0.4) is 0 Å². The Morgan fingerprint density at radius 1 is 1.16 bits per heavy atom. The van der Waals surface area contributed by atoms with Gasteiger partial charge in [-0.25, -0.2) is 9.98 Å². The normalized spacial score (nSPS) is 16.1. The van der Waals surface area contributed by atoms with E-state index in [9.17, 15) is 0 Å². The maximum absolute atomic E-state index is 5.52. The number of imidazole rings is 1. The molecule has 1 atom stereocenters. The molecular formula is C23H37IN6O. The third kappa shape index (κ3) is 8.08. The summed E-state index contributed by atoms with van der Waals surface area (Å²) in [6.07, 6.45) is 3.87. The van der Waals surface area contributed by atoms with E-state index < -0.39 is 0 Å². The van der Waals surface area contributed by atoms with Gasteiger partial charge < -0.3 is 19.9 Å². The van der Waals surface area contributed by atoms with Crippen molar-refractivity contribution in [1.29, 1.82) is 0 Å². The minimum atomic E-state index is 0. The number of morpholine rings is 1. The van der Waals surface area contributed by atoms with E-state index in [1.54, 1.807) is 0 Å². The van der Waals surface area contributed by atoms with E-state index in [4.69, 9.17) is 9.73 Å². The van der Waals surface area contributed by atoms with Crippen molar-refractivity contribution >= 4 is 29.9 Å². The van der Waals surface area contributed by atoms with Crippen LogP contribution < -0.4 is 10.6 Å². The van der Waals surface area contributed by atoms with Crippen molar-refractivity contribution in [1.82, 2.24) is 25.1 Å². The number of hydrogen-bond donors (Lipinski definition) is 2. The zero-order chi connectivity index (χ0) is 21.2. The molecule has 31 heavy (non-hydrogen) atoms.